The van der Waals surface area contributed by atoms with Gasteiger partial charge in [-0.1, -0.05) is 34.6 Å². The standard InChI is InChI=1S/C25H21N7O3/c1-14-28-22(30-34-14)17-4-3-16-7-8-26-24(20(16)11-17)27-9-10-32-13-19-6-5-18(12-21(19)25(32)33)23-29-15(2)35-31-23/h3-8,11-12H,9-10,13H2,1-2H3,(H,26,27). The lowest BCUT2D eigenvalue weighted by molar-refractivity contribution is 0.0784. The summed E-state index contributed by atoms with van der Waals surface area (Å²) >= 11 is 0. The quantitative estimate of drug-likeness (QED) is 0.394. The monoisotopic (exact) mass is 467 g/mol. The molecule has 0 atom stereocenters. The SMILES string of the molecule is Cc1nc(-c2ccc3c(c2)C(=O)N(CCNc2nccc4ccc(-c5noc(C)n5)cc24)C3)no1. The van der Waals surface area contributed by atoms with Gasteiger partial charge in [0.25, 0.3) is 5.91 Å². The fraction of sp³-hybridized carbons (Fsp3) is 0.200. The molecular formula is C25H21N7O3. The van der Waals surface area contributed by atoms with Crippen molar-refractivity contribution in [1.29, 1.82) is 0 Å². The van der Waals surface area contributed by atoms with Crippen LogP contribution in [0.2, 0.25) is 0 Å². The molecule has 4 heterocycles. The third kappa shape index (κ3) is 3.88. The maximum Gasteiger partial charge on any atom is 0.254 e. The van der Waals surface area contributed by atoms with Crippen molar-refractivity contribution in [1.82, 2.24) is 30.2 Å². The first kappa shape index (κ1) is 21.0. The third-order valence-electron chi connectivity index (χ3n) is 6.00. The molecule has 6 rings (SSSR count). The van der Waals surface area contributed by atoms with Gasteiger partial charge in [0, 0.05) is 61.8 Å². The zero-order chi connectivity index (χ0) is 23.9. The number of aromatic nitrogens is 5. The summed E-state index contributed by atoms with van der Waals surface area (Å²) < 4.78 is 10.2. The van der Waals surface area contributed by atoms with Crippen LogP contribution in [0.3, 0.4) is 0 Å². The van der Waals surface area contributed by atoms with E-state index in [-0.39, 0.29) is 5.91 Å². The van der Waals surface area contributed by atoms with Crippen LogP contribution in [0.1, 0.15) is 27.7 Å². The Hall–Kier alpha value is -4.60. The highest BCUT2D eigenvalue weighted by atomic mass is 16.5. The molecule has 5 aromatic rings. The predicted molar refractivity (Wildman–Crippen MR) is 127 cm³/mol. The number of amides is 1. The van der Waals surface area contributed by atoms with Crippen LogP contribution in [0.25, 0.3) is 33.5 Å². The first-order valence-electron chi connectivity index (χ1n) is 11.2. The fourth-order valence-corrected chi connectivity index (χ4v) is 4.27. The van der Waals surface area contributed by atoms with Crippen LogP contribution in [0.5, 0.6) is 0 Å². The van der Waals surface area contributed by atoms with Gasteiger partial charge in [0.15, 0.2) is 0 Å². The average Bonchev–Trinajstić information content (AvgIpc) is 3.58. The van der Waals surface area contributed by atoms with Gasteiger partial charge in [-0.3, -0.25) is 4.79 Å². The van der Waals surface area contributed by atoms with Crippen molar-refractivity contribution in [3.63, 3.8) is 0 Å². The van der Waals surface area contributed by atoms with Crippen molar-refractivity contribution in [3.05, 3.63) is 71.6 Å². The molecule has 10 heteroatoms. The molecule has 174 valence electrons. The first-order chi connectivity index (χ1) is 17.0. The Balaban J connectivity index is 1.17. The van der Waals surface area contributed by atoms with E-state index in [2.05, 4.69) is 30.6 Å². The van der Waals surface area contributed by atoms with Gasteiger partial charge in [0.05, 0.1) is 0 Å². The van der Waals surface area contributed by atoms with Crippen molar-refractivity contribution in [2.75, 3.05) is 18.4 Å². The number of nitrogens with zero attached hydrogens (tertiary/aromatic N) is 6. The number of rotatable bonds is 6. The Morgan fingerprint density at radius 3 is 2.37 bits per heavy atom. The summed E-state index contributed by atoms with van der Waals surface area (Å²) in [4.78, 5) is 27.9. The van der Waals surface area contributed by atoms with Gasteiger partial charge < -0.3 is 19.3 Å². The number of benzene rings is 2. The van der Waals surface area contributed by atoms with Crippen LogP contribution < -0.4 is 5.32 Å². The highest BCUT2D eigenvalue weighted by molar-refractivity contribution is 5.99. The number of hydrogen-bond acceptors (Lipinski definition) is 9. The zero-order valence-corrected chi connectivity index (χ0v) is 19.1. The second-order valence-electron chi connectivity index (χ2n) is 8.39. The van der Waals surface area contributed by atoms with Gasteiger partial charge in [-0.05, 0) is 29.1 Å². The Labute approximate surface area is 200 Å². The number of nitrogens with one attached hydrogen (secondary N) is 1. The Bertz CT molecular complexity index is 1570. The number of fused-ring (bicyclic) bond motifs is 2. The van der Waals surface area contributed by atoms with Crippen LogP contribution in [0.4, 0.5) is 5.82 Å². The molecule has 0 saturated carbocycles. The van der Waals surface area contributed by atoms with Crippen LogP contribution in [-0.2, 0) is 6.54 Å². The van der Waals surface area contributed by atoms with E-state index in [1.54, 1.807) is 20.0 Å². The van der Waals surface area contributed by atoms with E-state index in [1.807, 2.05) is 47.4 Å². The summed E-state index contributed by atoms with van der Waals surface area (Å²) in [6.07, 6.45) is 1.76. The van der Waals surface area contributed by atoms with E-state index in [1.165, 1.54) is 0 Å². The minimum Gasteiger partial charge on any atom is -0.368 e. The molecule has 0 aliphatic carbocycles. The molecule has 2 aromatic carbocycles. The van der Waals surface area contributed by atoms with Gasteiger partial charge in [0.2, 0.25) is 23.4 Å². The molecule has 0 radical (unpaired) electrons. The summed E-state index contributed by atoms with van der Waals surface area (Å²) in [6.45, 7) is 5.14. The van der Waals surface area contributed by atoms with Crippen molar-refractivity contribution >= 4 is 22.5 Å². The Kier molecular flexibility index (Phi) is 4.98. The number of anilines is 1. The first-order valence-corrected chi connectivity index (χ1v) is 11.2. The maximum atomic E-state index is 13.0. The number of carbonyl (C=O) groups is 1. The summed E-state index contributed by atoms with van der Waals surface area (Å²) in [7, 11) is 0. The smallest absolute Gasteiger partial charge is 0.254 e. The van der Waals surface area contributed by atoms with Gasteiger partial charge in [-0.15, -0.1) is 0 Å². The summed E-state index contributed by atoms with van der Waals surface area (Å²) in [5.41, 5.74) is 3.28. The minimum absolute atomic E-state index is 0.00971. The molecule has 0 fully saturated rings. The lowest BCUT2D eigenvalue weighted by atomic mass is 10.1. The van der Waals surface area contributed by atoms with Gasteiger partial charge >= 0.3 is 0 Å². The molecule has 10 nitrogen and oxygen atoms in total. The molecule has 1 N–H and O–H groups in total. The topological polar surface area (TPSA) is 123 Å². The molecule has 3 aromatic heterocycles. The lowest BCUT2D eigenvalue weighted by Crippen LogP contribution is -2.29. The van der Waals surface area contributed by atoms with E-state index < -0.39 is 0 Å². The molecule has 1 aliphatic rings. The molecule has 0 saturated heterocycles. The second-order valence-corrected chi connectivity index (χ2v) is 8.39. The summed E-state index contributed by atoms with van der Waals surface area (Å²) in [5, 5.41) is 13.3. The number of pyridine rings is 1. The molecule has 35 heavy (non-hydrogen) atoms. The Morgan fingerprint density at radius 1 is 0.943 bits per heavy atom. The molecule has 1 amide bonds. The molecular weight excluding hydrogens is 446 g/mol. The largest absolute Gasteiger partial charge is 0.368 e. The van der Waals surface area contributed by atoms with Gasteiger partial charge in [-0.2, -0.15) is 9.97 Å². The number of aryl methyl sites for hydroxylation is 2. The van der Waals surface area contributed by atoms with Crippen molar-refractivity contribution < 1.29 is 13.8 Å². The van der Waals surface area contributed by atoms with E-state index in [4.69, 9.17) is 9.05 Å². The number of hydrogen-bond donors (Lipinski definition) is 1. The minimum atomic E-state index is -0.00971. The predicted octanol–water partition coefficient (Wildman–Crippen LogP) is 4.02. The van der Waals surface area contributed by atoms with Gasteiger partial charge in [-0.25, -0.2) is 4.98 Å². The highest BCUT2D eigenvalue weighted by Crippen LogP contribution is 2.29. The second kappa shape index (κ2) is 8.32. The van der Waals surface area contributed by atoms with Crippen molar-refractivity contribution in [2.45, 2.75) is 20.4 Å². The van der Waals surface area contributed by atoms with Crippen LogP contribution in [0, 0.1) is 13.8 Å². The van der Waals surface area contributed by atoms with Gasteiger partial charge in [0.1, 0.15) is 5.82 Å². The van der Waals surface area contributed by atoms with E-state index in [0.29, 0.717) is 48.6 Å². The molecule has 1 aliphatic heterocycles. The van der Waals surface area contributed by atoms with E-state index in [9.17, 15) is 4.79 Å². The summed E-state index contributed by atoms with van der Waals surface area (Å²) in [6, 6.07) is 13.6. The van der Waals surface area contributed by atoms with E-state index >= 15 is 0 Å². The lowest BCUT2D eigenvalue weighted by Gasteiger charge is -2.17. The zero-order valence-electron chi connectivity index (χ0n) is 19.1. The van der Waals surface area contributed by atoms with Crippen LogP contribution in [-0.4, -0.2) is 49.2 Å². The molecule has 0 spiro atoms. The van der Waals surface area contributed by atoms with Crippen LogP contribution in [0.15, 0.2) is 57.7 Å². The highest BCUT2D eigenvalue weighted by Gasteiger charge is 2.27. The fourth-order valence-electron chi connectivity index (χ4n) is 4.27. The third-order valence-corrected chi connectivity index (χ3v) is 6.00. The molecule has 0 unspecified atom stereocenters. The average molecular weight is 467 g/mol. The van der Waals surface area contributed by atoms with Crippen molar-refractivity contribution in [3.8, 4) is 22.8 Å². The molecule has 0 bridgehead atoms. The van der Waals surface area contributed by atoms with E-state index in [0.717, 1.165) is 33.3 Å². The normalized spacial score (nSPS) is 13.0. The maximum absolute atomic E-state index is 13.0. The van der Waals surface area contributed by atoms with Crippen LogP contribution >= 0.6 is 0 Å². The van der Waals surface area contributed by atoms with Crippen molar-refractivity contribution in [2.24, 2.45) is 0 Å². The Morgan fingerprint density at radius 2 is 1.66 bits per heavy atom. The summed E-state index contributed by atoms with van der Waals surface area (Å²) in [5.74, 6) is 2.75. The number of carbonyl (C=O) groups excluding carboxylic acids is 1.